The second-order valence-corrected chi connectivity index (χ2v) is 6.75. The fraction of sp³-hybridized carbons (Fsp3) is 0.333. The minimum absolute atomic E-state index is 0.0206. The third-order valence-corrected chi connectivity index (χ3v) is 4.16. The van der Waals surface area contributed by atoms with Crippen molar-refractivity contribution in [2.45, 2.75) is 33.4 Å². The SMILES string of the molecule is CC(C)(CCn1cc(F)c(-c2ccc(OC(F)F)cc2)cc1=O)C(=O)NO.O=S=O. The van der Waals surface area contributed by atoms with E-state index in [0.29, 0.717) is 5.56 Å². The highest BCUT2D eigenvalue weighted by Crippen LogP contribution is 2.25. The molecule has 2 rings (SSSR count). The van der Waals surface area contributed by atoms with Crippen molar-refractivity contribution in [3.05, 3.63) is 52.7 Å². The number of carbonyl (C=O) groups excluding carboxylic acids is 1. The molecule has 0 unspecified atom stereocenters. The standard InChI is InChI=1S/C18H19F3N2O4.O2S/c1-18(2,16(25)22-26)7-8-23-10-14(19)13(9-15(23)24)11-3-5-12(6-4-11)27-17(20)21;1-3-2/h3-6,9-10,17,26H,7-8H2,1-2H3,(H,22,25);. The first-order chi connectivity index (χ1) is 14.0. The normalized spacial score (nSPS) is 10.8. The van der Waals surface area contributed by atoms with Crippen LogP contribution in [0.3, 0.4) is 0 Å². The number of hydrogen-bond acceptors (Lipinski definition) is 6. The van der Waals surface area contributed by atoms with E-state index < -0.39 is 40.9 Å². The summed E-state index contributed by atoms with van der Waals surface area (Å²) in [5, 5.41) is 8.72. The van der Waals surface area contributed by atoms with Crippen LogP contribution in [0.25, 0.3) is 11.1 Å². The number of nitrogens with one attached hydrogen (secondary N) is 1. The van der Waals surface area contributed by atoms with Crippen molar-refractivity contribution in [3.8, 4) is 16.9 Å². The molecule has 1 amide bonds. The molecule has 1 aromatic carbocycles. The summed E-state index contributed by atoms with van der Waals surface area (Å²) in [6.07, 6.45) is 1.21. The van der Waals surface area contributed by atoms with E-state index in [4.69, 9.17) is 13.6 Å². The molecule has 2 N–H and O–H groups in total. The topological polar surface area (TPSA) is 115 Å². The molecule has 164 valence electrons. The summed E-state index contributed by atoms with van der Waals surface area (Å²) in [5.74, 6) is -1.37. The summed E-state index contributed by atoms with van der Waals surface area (Å²) < 4.78 is 60.7. The summed E-state index contributed by atoms with van der Waals surface area (Å²) in [7, 11) is 0. The Labute approximate surface area is 172 Å². The number of halogens is 3. The predicted octanol–water partition coefficient (Wildman–Crippen LogP) is 2.51. The smallest absolute Gasteiger partial charge is 0.387 e. The monoisotopic (exact) mass is 448 g/mol. The number of aromatic nitrogens is 1. The molecule has 1 heterocycles. The molecule has 0 bridgehead atoms. The van der Waals surface area contributed by atoms with Crippen molar-refractivity contribution >= 4 is 17.5 Å². The van der Waals surface area contributed by atoms with Crippen LogP contribution in [0.15, 0.2) is 41.3 Å². The number of pyridine rings is 1. The van der Waals surface area contributed by atoms with Crippen molar-refractivity contribution in [2.75, 3.05) is 0 Å². The number of ether oxygens (including phenoxy) is 1. The molecule has 2 aromatic rings. The van der Waals surface area contributed by atoms with Gasteiger partial charge < -0.3 is 9.30 Å². The maximum absolute atomic E-state index is 14.4. The largest absolute Gasteiger partial charge is 0.435 e. The van der Waals surface area contributed by atoms with Crippen LogP contribution < -0.4 is 15.8 Å². The summed E-state index contributed by atoms with van der Waals surface area (Å²) in [5.41, 5.74) is 0.468. The molecule has 12 heteroatoms. The zero-order chi connectivity index (χ0) is 22.9. The summed E-state index contributed by atoms with van der Waals surface area (Å²) in [6.45, 7) is 0.264. The maximum Gasteiger partial charge on any atom is 0.387 e. The molecule has 0 saturated carbocycles. The molecule has 1 aromatic heterocycles. The Morgan fingerprint density at radius 1 is 1.27 bits per heavy atom. The fourth-order valence-electron chi connectivity index (χ4n) is 2.42. The van der Waals surface area contributed by atoms with Gasteiger partial charge in [0.15, 0.2) is 0 Å². The number of nitrogens with zero attached hydrogens (tertiary/aromatic N) is 1. The number of aryl methyl sites for hydroxylation is 1. The summed E-state index contributed by atoms with van der Waals surface area (Å²) >= 11 is -0.750. The van der Waals surface area contributed by atoms with Crippen LogP contribution in [0.1, 0.15) is 20.3 Å². The molecule has 30 heavy (non-hydrogen) atoms. The van der Waals surface area contributed by atoms with Gasteiger partial charge in [-0.05, 0) is 24.1 Å². The van der Waals surface area contributed by atoms with Gasteiger partial charge in [-0.25, -0.2) is 9.87 Å². The first-order valence-electron chi connectivity index (χ1n) is 8.37. The van der Waals surface area contributed by atoms with Crippen molar-refractivity contribution in [1.82, 2.24) is 10.0 Å². The quantitative estimate of drug-likeness (QED) is 0.497. The van der Waals surface area contributed by atoms with Crippen LogP contribution in [0.2, 0.25) is 0 Å². The lowest BCUT2D eigenvalue weighted by molar-refractivity contribution is -0.138. The third kappa shape index (κ3) is 7.12. The predicted molar refractivity (Wildman–Crippen MR) is 100.0 cm³/mol. The van der Waals surface area contributed by atoms with Crippen LogP contribution in [0.4, 0.5) is 13.2 Å². The first kappa shape index (κ1) is 25.0. The molecule has 0 aliphatic heterocycles. The highest BCUT2D eigenvalue weighted by atomic mass is 32.1. The van der Waals surface area contributed by atoms with Gasteiger partial charge >= 0.3 is 18.2 Å². The van der Waals surface area contributed by atoms with Crippen LogP contribution in [-0.4, -0.2) is 30.7 Å². The average Bonchev–Trinajstić information content (AvgIpc) is 2.68. The van der Waals surface area contributed by atoms with Crippen molar-refractivity contribution in [1.29, 1.82) is 0 Å². The van der Waals surface area contributed by atoms with E-state index in [1.54, 1.807) is 19.3 Å². The highest BCUT2D eigenvalue weighted by Gasteiger charge is 2.27. The lowest BCUT2D eigenvalue weighted by Gasteiger charge is -2.22. The minimum atomic E-state index is -2.96. The first-order valence-corrected chi connectivity index (χ1v) is 9.04. The number of benzene rings is 1. The maximum atomic E-state index is 14.4. The Balaban J connectivity index is 0.00000141. The van der Waals surface area contributed by atoms with Gasteiger partial charge in [-0.1, -0.05) is 26.0 Å². The van der Waals surface area contributed by atoms with Gasteiger partial charge in [0.25, 0.3) is 5.56 Å². The fourth-order valence-corrected chi connectivity index (χ4v) is 2.42. The van der Waals surface area contributed by atoms with Crippen LogP contribution in [0.5, 0.6) is 5.75 Å². The van der Waals surface area contributed by atoms with Crippen molar-refractivity contribution in [2.24, 2.45) is 5.41 Å². The summed E-state index contributed by atoms with van der Waals surface area (Å²) in [4.78, 5) is 23.8. The average molecular weight is 448 g/mol. The highest BCUT2D eigenvalue weighted by molar-refractivity contribution is 7.51. The minimum Gasteiger partial charge on any atom is -0.435 e. The molecule has 8 nitrogen and oxygen atoms in total. The molecule has 0 aliphatic rings. The zero-order valence-electron chi connectivity index (χ0n) is 15.9. The Kier molecular flexibility index (Phi) is 9.40. The van der Waals surface area contributed by atoms with E-state index in [0.717, 1.165) is 16.8 Å². The Morgan fingerprint density at radius 3 is 2.33 bits per heavy atom. The van der Waals surface area contributed by atoms with Gasteiger partial charge in [-0.3, -0.25) is 14.8 Å². The van der Waals surface area contributed by atoms with Gasteiger partial charge in [0, 0.05) is 29.8 Å². The lowest BCUT2D eigenvalue weighted by Crippen LogP contribution is -2.36. The van der Waals surface area contributed by atoms with E-state index in [1.807, 2.05) is 0 Å². The molecule has 0 aliphatic carbocycles. The summed E-state index contributed by atoms with van der Waals surface area (Å²) in [6, 6.07) is 6.34. The number of hydroxylamine groups is 1. The number of carbonyl (C=O) groups is 1. The van der Waals surface area contributed by atoms with Crippen LogP contribution in [0, 0.1) is 11.2 Å². The molecule has 0 saturated heterocycles. The van der Waals surface area contributed by atoms with Gasteiger partial charge in [0.05, 0.1) is 0 Å². The number of amides is 1. The van der Waals surface area contributed by atoms with Gasteiger partial charge in [0.1, 0.15) is 11.6 Å². The molecular formula is C18H19F3N2O6S. The molecule has 0 radical (unpaired) electrons. The van der Waals surface area contributed by atoms with Crippen LogP contribution >= 0.6 is 0 Å². The van der Waals surface area contributed by atoms with Gasteiger partial charge in [-0.15, -0.1) is 0 Å². The third-order valence-electron chi connectivity index (χ3n) is 4.16. The van der Waals surface area contributed by atoms with E-state index >= 15 is 0 Å². The Bertz CT molecular complexity index is 957. The van der Waals surface area contributed by atoms with E-state index in [9.17, 15) is 22.8 Å². The molecule has 0 atom stereocenters. The van der Waals surface area contributed by atoms with E-state index in [1.165, 1.54) is 24.3 Å². The molecular weight excluding hydrogens is 429 g/mol. The zero-order valence-corrected chi connectivity index (χ0v) is 16.7. The Morgan fingerprint density at radius 2 is 1.83 bits per heavy atom. The lowest BCUT2D eigenvalue weighted by atomic mass is 9.88. The van der Waals surface area contributed by atoms with E-state index in [2.05, 4.69) is 4.74 Å². The number of alkyl halides is 2. The second-order valence-electron chi connectivity index (χ2n) is 6.61. The van der Waals surface area contributed by atoms with Crippen molar-refractivity contribution < 1.29 is 36.3 Å². The number of rotatable bonds is 7. The van der Waals surface area contributed by atoms with Crippen molar-refractivity contribution in [3.63, 3.8) is 0 Å². The Hall–Kier alpha value is -2.99. The van der Waals surface area contributed by atoms with Crippen LogP contribution in [-0.2, 0) is 22.9 Å². The van der Waals surface area contributed by atoms with Gasteiger partial charge in [0.2, 0.25) is 5.91 Å². The second kappa shape index (κ2) is 11.3. The van der Waals surface area contributed by atoms with E-state index in [-0.39, 0.29) is 24.3 Å². The molecule has 0 spiro atoms. The van der Waals surface area contributed by atoms with Gasteiger partial charge in [-0.2, -0.15) is 17.2 Å². The number of hydrogen-bond donors (Lipinski definition) is 2. The molecule has 0 fully saturated rings.